The lowest BCUT2D eigenvalue weighted by atomic mass is 10.1. The van der Waals surface area contributed by atoms with Crippen molar-refractivity contribution in [3.63, 3.8) is 0 Å². The van der Waals surface area contributed by atoms with Crippen LogP contribution in [0.2, 0.25) is 0 Å². The van der Waals surface area contributed by atoms with E-state index < -0.39 is 0 Å². The van der Waals surface area contributed by atoms with Gasteiger partial charge < -0.3 is 11.1 Å². The molecule has 0 aliphatic rings. The zero-order valence-corrected chi connectivity index (χ0v) is 10.9. The number of rotatable bonds is 5. The third kappa shape index (κ3) is 3.24. The highest BCUT2D eigenvalue weighted by atomic mass is 32.2. The number of hydrogen-bond donors (Lipinski definition) is 2. The number of nitrogens with two attached hydrogens (primary N) is 1. The van der Waals surface area contributed by atoms with Crippen LogP contribution in [0.4, 0.5) is 5.69 Å². The molecule has 3 N–H and O–H groups in total. The van der Waals surface area contributed by atoms with E-state index in [4.69, 9.17) is 5.73 Å². The quantitative estimate of drug-likeness (QED) is 0.812. The van der Waals surface area contributed by atoms with Gasteiger partial charge in [-0.15, -0.1) is 0 Å². The second-order valence-electron chi connectivity index (χ2n) is 3.92. The van der Waals surface area contributed by atoms with Crippen LogP contribution < -0.4 is 11.1 Å². The number of carbonyl (C=O) groups excluding carboxylic acids is 1. The molecule has 0 atom stereocenters. The van der Waals surface area contributed by atoms with E-state index in [0.29, 0.717) is 12.3 Å². The van der Waals surface area contributed by atoms with Crippen LogP contribution in [0.5, 0.6) is 0 Å². The standard InChI is InChI=1S/C14H16N2OS/c15-8-9-18-10-14(17)16-13-7-3-5-11-4-1-2-6-12(11)13/h1-7H,8-10,15H2,(H,16,17). The van der Waals surface area contributed by atoms with E-state index >= 15 is 0 Å². The van der Waals surface area contributed by atoms with Crippen molar-refractivity contribution in [1.29, 1.82) is 0 Å². The summed E-state index contributed by atoms with van der Waals surface area (Å²) < 4.78 is 0. The number of hydrogen-bond acceptors (Lipinski definition) is 3. The Morgan fingerprint density at radius 3 is 2.78 bits per heavy atom. The van der Waals surface area contributed by atoms with Gasteiger partial charge in [0.2, 0.25) is 5.91 Å². The summed E-state index contributed by atoms with van der Waals surface area (Å²) in [4.78, 5) is 11.8. The first-order valence-electron chi connectivity index (χ1n) is 5.86. The minimum atomic E-state index is 0.0183. The molecule has 3 nitrogen and oxygen atoms in total. The zero-order valence-electron chi connectivity index (χ0n) is 10.1. The Bertz CT molecular complexity index is 537. The lowest BCUT2D eigenvalue weighted by Gasteiger charge is -2.08. The highest BCUT2D eigenvalue weighted by Gasteiger charge is 2.05. The number of thioether (sulfide) groups is 1. The van der Waals surface area contributed by atoms with Gasteiger partial charge in [-0.05, 0) is 11.5 Å². The van der Waals surface area contributed by atoms with E-state index in [0.717, 1.165) is 22.2 Å². The molecular weight excluding hydrogens is 244 g/mol. The monoisotopic (exact) mass is 260 g/mol. The first-order valence-corrected chi connectivity index (χ1v) is 7.02. The summed E-state index contributed by atoms with van der Waals surface area (Å²) >= 11 is 1.55. The summed E-state index contributed by atoms with van der Waals surface area (Å²) in [5.74, 6) is 1.27. The summed E-state index contributed by atoms with van der Waals surface area (Å²) in [5.41, 5.74) is 6.26. The Morgan fingerprint density at radius 2 is 1.94 bits per heavy atom. The van der Waals surface area contributed by atoms with Gasteiger partial charge in [0.15, 0.2) is 0 Å². The van der Waals surface area contributed by atoms with Crippen molar-refractivity contribution in [2.75, 3.05) is 23.4 Å². The Kier molecular flexibility index (Phi) is 4.61. The maximum atomic E-state index is 11.8. The second-order valence-corrected chi connectivity index (χ2v) is 5.02. The predicted molar refractivity (Wildman–Crippen MR) is 79.0 cm³/mol. The Balaban J connectivity index is 2.09. The number of benzene rings is 2. The fraction of sp³-hybridized carbons (Fsp3) is 0.214. The van der Waals surface area contributed by atoms with Gasteiger partial charge in [-0.3, -0.25) is 4.79 Å². The van der Waals surface area contributed by atoms with Crippen LogP contribution in [-0.2, 0) is 4.79 Å². The van der Waals surface area contributed by atoms with E-state index in [2.05, 4.69) is 5.32 Å². The fourth-order valence-electron chi connectivity index (χ4n) is 1.77. The minimum absolute atomic E-state index is 0.0183. The lowest BCUT2D eigenvalue weighted by molar-refractivity contribution is -0.113. The summed E-state index contributed by atoms with van der Waals surface area (Å²) in [6, 6.07) is 13.9. The number of carbonyl (C=O) groups is 1. The molecule has 0 heterocycles. The lowest BCUT2D eigenvalue weighted by Crippen LogP contribution is -2.15. The molecule has 0 radical (unpaired) electrons. The maximum absolute atomic E-state index is 11.8. The molecule has 1 amide bonds. The van der Waals surface area contributed by atoms with Crippen molar-refractivity contribution in [3.05, 3.63) is 42.5 Å². The molecule has 0 aromatic heterocycles. The topological polar surface area (TPSA) is 55.1 Å². The van der Waals surface area contributed by atoms with Crippen LogP contribution in [0.1, 0.15) is 0 Å². The number of nitrogens with one attached hydrogen (secondary N) is 1. The van der Waals surface area contributed by atoms with E-state index in [1.54, 1.807) is 11.8 Å². The molecule has 0 bridgehead atoms. The van der Waals surface area contributed by atoms with Gasteiger partial charge in [0.05, 0.1) is 5.75 Å². The summed E-state index contributed by atoms with van der Waals surface area (Å²) in [7, 11) is 0. The molecule has 2 aromatic rings. The van der Waals surface area contributed by atoms with Crippen LogP contribution in [0.3, 0.4) is 0 Å². The van der Waals surface area contributed by atoms with Gasteiger partial charge in [-0.1, -0.05) is 36.4 Å². The van der Waals surface area contributed by atoms with Gasteiger partial charge in [0.1, 0.15) is 0 Å². The molecule has 0 spiro atoms. The average molecular weight is 260 g/mol. The smallest absolute Gasteiger partial charge is 0.234 e. The maximum Gasteiger partial charge on any atom is 0.234 e. The Hall–Kier alpha value is -1.52. The molecule has 0 aliphatic heterocycles. The first kappa shape index (κ1) is 12.9. The van der Waals surface area contributed by atoms with E-state index in [1.807, 2.05) is 42.5 Å². The molecule has 0 saturated carbocycles. The highest BCUT2D eigenvalue weighted by molar-refractivity contribution is 7.99. The summed E-state index contributed by atoms with van der Waals surface area (Å²) in [6.45, 7) is 0.603. The van der Waals surface area contributed by atoms with E-state index in [9.17, 15) is 4.79 Å². The molecule has 4 heteroatoms. The molecular formula is C14H16N2OS. The van der Waals surface area contributed by atoms with E-state index in [1.165, 1.54) is 0 Å². The molecule has 0 unspecified atom stereocenters. The van der Waals surface area contributed by atoms with E-state index in [-0.39, 0.29) is 5.91 Å². The van der Waals surface area contributed by atoms with Crippen molar-refractivity contribution in [3.8, 4) is 0 Å². The fourth-order valence-corrected chi connectivity index (χ4v) is 2.34. The normalized spacial score (nSPS) is 10.5. The molecule has 0 saturated heterocycles. The summed E-state index contributed by atoms with van der Waals surface area (Å²) in [6.07, 6.45) is 0. The van der Waals surface area contributed by atoms with Crippen molar-refractivity contribution >= 4 is 34.1 Å². The number of amides is 1. The summed E-state index contributed by atoms with van der Waals surface area (Å²) in [5, 5.41) is 5.14. The second kappa shape index (κ2) is 6.42. The van der Waals surface area contributed by atoms with Gasteiger partial charge >= 0.3 is 0 Å². The van der Waals surface area contributed by atoms with Gasteiger partial charge in [-0.25, -0.2) is 0 Å². The Morgan fingerprint density at radius 1 is 1.17 bits per heavy atom. The molecule has 18 heavy (non-hydrogen) atoms. The third-order valence-corrected chi connectivity index (χ3v) is 3.55. The van der Waals surface area contributed by atoms with Crippen LogP contribution in [0.15, 0.2) is 42.5 Å². The van der Waals surface area contributed by atoms with Crippen molar-refractivity contribution in [1.82, 2.24) is 0 Å². The van der Waals surface area contributed by atoms with Crippen molar-refractivity contribution in [2.24, 2.45) is 5.73 Å². The molecule has 0 fully saturated rings. The van der Waals surface area contributed by atoms with Gasteiger partial charge in [-0.2, -0.15) is 11.8 Å². The van der Waals surface area contributed by atoms with Gasteiger partial charge in [0, 0.05) is 23.4 Å². The molecule has 94 valence electrons. The SMILES string of the molecule is NCCSCC(=O)Nc1cccc2ccccc12. The minimum Gasteiger partial charge on any atom is -0.330 e. The number of anilines is 1. The highest BCUT2D eigenvalue weighted by Crippen LogP contribution is 2.22. The molecule has 2 rings (SSSR count). The predicted octanol–water partition coefficient (Wildman–Crippen LogP) is 2.47. The Labute approximate surface area is 111 Å². The zero-order chi connectivity index (χ0) is 12.8. The number of fused-ring (bicyclic) bond motifs is 1. The third-order valence-electron chi connectivity index (χ3n) is 2.56. The van der Waals surface area contributed by atoms with Crippen molar-refractivity contribution < 1.29 is 4.79 Å². The van der Waals surface area contributed by atoms with Crippen molar-refractivity contribution in [2.45, 2.75) is 0 Å². The molecule has 0 aliphatic carbocycles. The average Bonchev–Trinajstić information content (AvgIpc) is 2.39. The van der Waals surface area contributed by atoms with Crippen LogP contribution in [0.25, 0.3) is 10.8 Å². The van der Waals surface area contributed by atoms with Crippen LogP contribution >= 0.6 is 11.8 Å². The van der Waals surface area contributed by atoms with Gasteiger partial charge in [0.25, 0.3) is 0 Å². The van der Waals surface area contributed by atoms with Crippen LogP contribution in [-0.4, -0.2) is 24.0 Å². The molecule has 2 aromatic carbocycles. The largest absolute Gasteiger partial charge is 0.330 e. The first-order chi connectivity index (χ1) is 8.81. The van der Waals surface area contributed by atoms with Crippen LogP contribution in [0, 0.1) is 0 Å².